The maximum atomic E-state index is 13.0. The Bertz CT molecular complexity index is 489. The first-order valence-electron chi connectivity index (χ1n) is 5.49. The van der Waals surface area contributed by atoms with E-state index in [9.17, 15) is 4.39 Å². The molecule has 1 heterocycles. The molecule has 0 amide bonds. The molecule has 0 N–H and O–H groups in total. The summed E-state index contributed by atoms with van der Waals surface area (Å²) in [5.41, 5.74) is 0.351. The van der Waals surface area contributed by atoms with E-state index in [-0.39, 0.29) is 11.7 Å². The van der Waals surface area contributed by atoms with E-state index in [1.165, 1.54) is 12.1 Å². The van der Waals surface area contributed by atoms with Crippen LogP contribution in [-0.4, -0.2) is 20.7 Å². The van der Waals surface area contributed by atoms with Crippen LogP contribution in [0.2, 0.25) is 0 Å². The molecule has 104 valence electrons. The molecule has 1 aromatic rings. The Kier molecular flexibility index (Phi) is 4.86. The van der Waals surface area contributed by atoms with Crippen LogP contribution < -0.4 is 0 Å². The summed E-state index contributed by atoms with van der Waals surface area (Å²) in [7, 11) is 0. The van der Waals surface area contributed by atoms with Gasteiger partial charge in [0.25, 0.3) is 3.79 Å². The highest BCUT2D eigenvalue weighted by Crippen LogP contribution is 2.39. The molecular weight excluding hydrogens is 426 g/mol. The monoisotopic (exact) mass is 435 g/mol. The number of ether oxygens (including phenoxy) is 1. The molecule has 0 spiro atoms. The lowest BCUT2D eigenvalue weighted by Gasteiger charge is -2.34. The van der Waals surface area contributed by atoms with Gasteiger partial charge in [0.05, 0.1) is 6.61 Å². The molecule has 0 saturated carbocycles. The van der Waals surface area contributed by atoms with E-state index in [0.29, 0.717) is 17.5 Å². The van der Waals surface area contributed by atoms with Crippen molar-refractivity contribution in [2.75, 3.05) is 11.0 Å². The molecule has 1 aromatic carbocycles. The van der Waals surface area contributed by atoms with Gasteiger partial charge in [-0.1, -0.05) is 69.5 Å². The first-order valence-corrected chi connectivity index (χ1v) is 8.15. The Hall–Kier alpha value is 0.220. The Morgan fingerprint density at radius 3 is 2.47 bits per heavy atom. The second-order valence-corrected chi connectivity index (χ2v) is 7.23. The van der Waals surface area contributed by atoms with Crippen LogP contribution in [0.3, 0.4) is 0 Å². The van der Waals surface area contributed by atoms with Crippen molar-refractivity contribution in [1.82, 2.24) is 0 Å². The molecule has 1 aliphatic rings. The Labute approximate surface area is 139 Å². The summed E-state index contributed by atoms with van der Waals surface area (Å²) >= 11 is 19.7. The second kappa shape index (κ2) is 5.92. The molecule has 0 fully saturated rings. The van der Waals surface area contributed by atoms with Crippen molar-refractivity contribution in [1.29, 1.82) is 0 Å². The maximum Gasteiger partial charge on any atom is 0.266 e. The van der Waals surface area contributed by atoms with Gasteiger partial charge in [-0.2, -0.15) is 0 Å². The fourth-order valence-electron chi connectivity index (χ4n) is 1.89. The number of nitrogens with zero attached hydrogens (tertiary/aromatic N) is 1. The highest BCUT2D eigenvalue weighted by atomic mass is 127. The van der Waals surface area contributed by atoms with Crippen LogP contribution in [0.25, 0.3) is 0 Å². The van der Waals surface area contributed by atoms with Crippen LogP contribution in [0.4, 0.5) is 4.39 Å². The fraction of sp³-hybridized carbons (Fsp3) is 0.417. The molecule has 2 nitrogen and oxygen atoms in total. The summed E-state index contributed by atoms with van der Waals surface area (Å²) in [6.07, 6.45) is 0.659. The topological polar surface area (TPSA) is 21.6 Å². The number of rotatable bonds is 2. The van der Waals surface area contributed by atoms with Gasteiger partial charge in [-0.15, -0.1) is 0 Å². The zero-order valence-corrected chi connectivity index (χ0v) is 14.1. The molecule has 2 rings (SSSR count). The van der Waals surface area contributed by atoms with E-state index in [4.69, 9.17) is 39.5 Å². The van der Waals surface area contributed by atoms with E-state index in [2.05, 4.69) is 27.6 Å². The lowest BCUT2D eigenvalue weighted by molar-refractivity contribution is 0.221. The van der Waals surface area contributed by atoms with Crippen molar-refractivity contribution in [3.05, 3.63) is 35.6 Å². The van der Waals surface area contributed by atoms with Crippen molar-refractivity contribution in [3.8, 4) is 0 Å². The minimum absolute atomic E-state index is 0.0877. The van der Waals surface area contributed by atoms with Gasteiger partial charge in [0.1, 0.15) is 11.4 Å². The van der Waals surface area contributed by atoms with Gasteiger partial charge in [-0.05, 0) is 17.7 Å². The SMILES string of the molecule is Fc1ccc(C2(CI)CCOC(C(Cl)(Cl)Cl)=N2)cc1. The van der Waals surface area contributed by atoms with Gasteiger partial charge in [0.15, 0.2) is 0 Å². The van der Waals surface area contributed by atoms with Crippen molar-refractivity contribution in [2.45, 2.75) is 15.8 Å². The van der Waals surface area contributed by atoms with Crippen molar-refractivity contribution < 1.29 is 9.13 Å². The zero-order chi connectivity index (χ0) is 14.1. The third-order valence-corrected chi connectivity index (χ3v) is 4.66. The van der Waals surface area contributed by atoms with Crippen molar-refractivity contribution in [3.63, 3.8) is 0 Å². The number of hydrogen-bond acceptors (Lipinski definition) is 2. The standard InChI is InChI=1S/C12H10Cl3FINO/c13-12(14,15)10-18-11(7-17,5-6-19-10)8-1-3-9(16)4-2-8/h1-4H,5-7H2. The number of aliphatic imine (C=N–C) groups is 1. The zero-order valence-electron chi connectivity index (χ0n) is 9.68. The average Bonchev–Trinajstić information content (AvgIpc) is 2.38. The normalized spacial score (nSPS) is 23.7. The highest BCUT2D eigenvalue weighted by molar-refractivity contribution is 14.1. The molecule has 7 heteroatoms. The van der Waals surface area contributed by atoms with E-state index in [1.807, 2.05) is 0 Å². The van der Waals surface area contributed by atoms with Crippen LogP contribution >= 0.6 is 57.4 Å². The van der Waals surface area contributed by atoms with Crippen LogP contribution in [0.1, 0.15) is 12.0 Å². The summed E-state index contributed by atoms with van der Waals surface area (Å²) in [5, 5.41) is 0. The summed E-state index contributed by atoms with van der Waals surface area (Å²) in [5.74, 6) is -0.199. The molecule has 0 radical (unpaired) electrons. The van der Waals surface area contributed by atoms with Crippen molar-refractivity contribution >= 4 is 63.3 Å². The molecule has 0 aliphatic carbocycles. The van der Waals surface area contributed by atoms with E-state index >= 15 is 0 Å². The minimum atomic E-state index is -1.68. The third kappa shape index (κ3) is 3.46. The smallest absolute Gasteiger partial charge is 0.266 e. The molecule has 0 aromatic heterocycles. The van der Waals surface area contributed by atoms with Crippen LogP contribution in [0.15, 0.2) is 29.3 Å². The lowest BCUT2D eigenvalue weighted by Crippen LogP contribution is -2.38. The number of hydrogen-bond donors (Lipinski definition) is 0. The highest BCUT2D eigenvalue weighted by Gasteiger charge is 2.40. The largest absolute Gasteiger partial charge is 0.478 e. The molecule has 1 unspecified atom stereocenters. The Morgan fingerprint density at radius 2 is 1.95 bits per heavy atom. The Morgan fingerprint density at radius 1 is 1.32 bits per heavy atom. The van der Waals surface area contributed by atoms with Crippen molar-refractivity contribution in [2.24, 2.45) is 4.99 Å². The Balaban J connectivity index is 2.45. The van der Waals surface area contributed by atoms with Gasteiger partial charge in [-0.3, -0.25) is 0 Å². The number of halogens is 5. The third-order valence-electron chi connectivity index (χ3n) is 2.92. The number of benzene rings is 1. The van der Waals surface area contributed by atoms with E-state index in [1.54, 1.807) is 12.1 Å². The summed E-state index contributed by atoms with van der Waals surface area (Å²) in [4.78, 5) is 4.47. The van der Waals surface area contributed by atoms with Gasteiger partial charge in [0, 0.05) is 10.8 Å². The predicted octanol–water partition coefficient (Wildman–Crippen LogP) is 4.65. The molecular formula is C12H10Cl3FINO. The predicted molar refractivity (Wildman–Crippen MR) is 85.3 cm³/mol. The lowest BCUT2D eigenvalue weighted by atomic mass is 9.89. The number of alkyl halides is 4. The van der Waals surface area contributed by atoms with E-state index in [0.717, 1.165) is 5.56 Å². The molecule has 0 saturated heterocycles. The summed E-state index contributed by atoms with van der Waals surface area (Å²) in [6, 6.07) is 6.23. The van der Waals surface area contributed by atoms with Crippen LogP contribution in [0.5, 0.6) is 0 Å². The quantitative estimate of drug-likeness (QED) is 0.489. The van der Waals surface area contributed by atoms with Gasteiger partial charge < -0.3 is 4.74 Å². The molecule has 0 bridgehead atoms. The summed E-state index contributed by atoms with van der Waals surface area (Å²) < 4.78 is 17.3. The molecule has 1 aliphatic heterocycles. The summed E-state index contributed by atoms with van der Waals surface area (Å²) in [6.45, 7) is 0.410. The fourth-order valence-corrected chi connectivity index (χ4v) is 3.17. The van der Waals surface area contributed by atoms with Gasteiger partial charge in [0.2, 0.25) is 5.90 Å². The minimum Gasteiger partial charge on any atom is -0.478 e. The second-order valence-electron chi connectivity index (χ2n) is 4.19. The molecule has 1 atom stereocenters. The first-order chi connectivity index (χ1) is 8.87. The van der Waals surface area contributed by atoms with Crippen LogP contribution in [0, 0.1) is 5.82 Å². The average molecular weight is 436 g/mol. The van der Waals surface area contributed by atoms with Crippen LogP contribution in [-0.2, 0) is 10.3 Å². The van der Waals surface area contributed by atoms with E-state index < -0.39 is 9.33 Å². The van der Waals surface area contributed by atoms with Gasteiger partial charge >= 0.3 is 0 Å². The first kappa shape index (κ1) is 15.6. The van der Waals surface area contributed by atoms with Gasteiger partial charge in [-0.25, -0.2) is 9.38 Å². The maximum absolute atomic E-state index is 13.0. The molecule has 19 heavy (non-hydrogen) atoms.